The minimum Gasteiger partial charge on any atom is -0.358 e. The maximum absolute atomic E-state index is 11.6. The molecular weight excluding hydrogens is 216 g/mol. The van der Waals surface area contributed by atoms with Crippen LogP contribution in [0.1, 0.15) is 6.42 Å². The predicted molar refractivity (Wildman–Crippen MR) is 56.7 cm³/mol. The highest BCUT2D eigenvalue weighted by molar-refractivity contribution is 6.29. The summed E-state index contributed by atoms with van der Waals surface area (Å²) in [5.41, 5.74) is 0. The maximum atomic E-state index is 11.6. The highest BCUT2D eigenvalue weighted by atomic mass is 35.5. The van der Waals surface area contributed by atoms with Gasteiger partial charge in [0.2, 0.25) is 5.91 Å². The average molecular weight is 227 g/mol. The Labute approximate surface area is 92.5 Å². The van der Waals surface area contributed by atoms with Gasteiger partial charge >= 0.3 is 0 Å². The highest BCUT2D eigenvalue weighted by Crippen LogP contribution is 2.15. The smallest absolute Gasteiger partial charge is 0.244 e. The third kappa shape index (κ3) is 2.18. The Kier molecular flexibility index (Phi) is 2.73. The van der Waals surface area contributed by atoms with E-state index in [4.69, 9.17) is 11.6 Å². The van der Waals surface area contributed by atoms with Crippen molar-refractivity contribution in [1.29, 1.82) is 0 Å². The molecule has 15 heavy (non-hydrogen) atoms. The Morgan fingerprint density at radius 2 is 2.40 bits per heavy atom. The molecule has 0 bridgehead atoms. The van der Waals surface area contributed by atoms with E-state index in [9.17, 15) is 4.79 Å². The minimum atomic E-state index is -0.194. The van der Waals surface area contributed by atoms with Crippen molar-refractivity contribution in [2.45, 2.75) is 12.5 Å². The van der Waals surface area contributed by atoms with Gasteiger partial charge in [-0.25, -0.2) is 9.97 Å². The molecule has 0 saturated carbocycles. The summed E-state index contributed by atoms with van der Waals surface area (Å²) in [5, 5.41) is 3.40. The molecule has 1 aliphatic rings. The Balaban J connectivity index is 2.06. The third-order valence-corrected chi connectivity index (χ3v) is 2.59. The first kappa shape index (κ1) is 10.2. The number of halogens is 1. The summed E-state index contributed by atoms with van der Waals surface area (Å²) < 4.78 is 0. The van der Waals surface area contributed by atoms with Crippen LogP contribution in [0.15, 0.2) is 12.4 Å². The van der Waals surface area contributed by atoms with Crippen molar-refractivity contribution >= 4 is 23.3 Å². The maximum Gasteiger partial charge on any atom is 0.244 e. The Morgan fingerprint density at radius 1 is 1.60 bits per heavy atom. The van der Waals surface area contributed by atoms with Crippen LogP contribution < -0.4 is 5.32 Å². The van der Waals surface area contributed by atoms with E-state index in [-0.39, 0.29) is 11.9 Å². The van der Waals surface area contributed by atoms with Crippen molar-refractivity contribution in [3.63, 3.8) is 0 Å². The van der Waals surface area contributed by atoms with Gasteiger partial charge in [-0.15, -0.1) is 0 Å². The van der Waals surface area contributed by atoms with Crippen LogP contribution in [0.5, 0.6) is 0 Å². The molecule has 0 spiro atoms. The molecule has 80 valence electrons. The standard InChI is InChI=1S/C9H11ClN4O/c1-14-3-2-6(9(14)15)13-8-4-7(10)11-5-12-8/h4-6H,2-3H2,1H3,(H,11,12,13). The number of hydrogen-bond donors (Lipinski definition) is 1. The van der Waals surface area contributed by atoms with Crippen LogP contribution in [0.3, 0.4) is 0 Å². The number of aromatic nitrogens is 2. The van der Waals surface area contributed by atoms with E-state index in [0.29, 0.717) is 11.0 Å². The van der Waals surface area contributed by atoms with Crippen molar-refractivity contribution in [3.8, 4) is 0 Å². The molecule has 5 nitrogen and oxygen atoms in total. The summed E-state index contributed by atoms with van der Waals surface area (Å²) in [4.78, 5) is 21.0. The highest BCUT2D eigenvalue weighted by Gasteiger charge is 2.28. The number of carbonyl (C=O) groups excluding carboxylic acids is 1. The van der Waals surface area contributed by atoms with Gasteiger partial charge in [-0.1, -0.05) is 11.6 Å². The van der Waals surface area contributed by atoms with Gasteiger partial charge in [-0.3, -0.25) is 4.79 Å². The average Bonchev–Trinajstić information content (AvgIpc) is 2.50. The van der Waals surface area contributed by atoms with E-state index < -0.39 is 0 Å². The molecule has 0 aromatic carbocycles. The van der Waals surface area contributed by atoms with Gasteiger partial charge in [-0.05, 0) is 6.42 Å². The molecule has 2 heterocycles. The summed E-state index contributed by atoms with van der Waals surface area (Å²) in [7, 11) is 1.79. The summed E-state index contributed by atoms with van der Waals surface area (Å²) in [6.45, 7) is 0.773. The zero-order valence-corrected chi connectivity index (χ0v) is 9.03. The molecule has 0 aliphatic carbocycles. The van der Waals surface area contributed by atoms with Crippen LogP contribution in [0.4, 0.5) is 5.82 Å². The fourth-order valence-corrected chi connectivity index (χ4v) is 1.69. The number of nitrogens with one attached hydrogen (secondary N) is 1. The van der Waals surface area contributed by atoms with Gasteiger partial charge < -0.3 is 10.2 Å². The van der Waals surface area contributed by atoms with Crippen LogP contribution in [-0.2, 0) is 4.79 Å². The predicted octanol–water partition coefficient (Wildman–Crippen LogP) is 0.773. The fraction of sp³-hybridized carbons (Fsp3) is 0.444. The second-order valence-electron chi connectivity index (χ2n) is 3.47. The lowest BCUT2D eigenvalue weighted by Gasteiger charge is -2.12. The lowest BCUT2D eigenvalue weighted by atomic mass is 10.2. The number of likely N-dealkylation sites (tertiary alicyclic amines) is 1. The van der Waals surface area contributed by atoms with E-state index in [1.54, 1.807) is 18.0 Å². The molecule has 0 radical (unpaired) electrons. The molecule has 1 aromatic rings. The number of amides is 1. The van der Waals surface area contributed by atoms with Crippen molar-refractivity contribution in [1.82, 2.24) is 14.9 Å². The van der Waals surface area contributed by atoms with E-state index in [1.165, 1.54) is 6.33 Å². The van der Waals surface area contributed by atoms with Gasteiger partial charge in [0.1, 0.15) is 23.3 Å². The van der Waals surface area contributed by atoms with Crippen LogP contribution in [-0.4, -0.2) is 40.4 Å². The van der Waals surface area contributed by atoms with E-state index >= 15 is 0 Å². The zero-order valence-electron chi connectivity index (χ0n) is 8.27. The normalized spacial score (nSPS) is 20.8. The monoisotopic (exact) mass is 226 g/mol. The summed E-state index contributed by atoms with van der Waals surface area (Å²) in [6.07, 6.45) is 2.16. The van der Waals surface area contributed by atoms with Gasteiger partial charge in [0.15, 0.2) is 0 Å². The van der Waals surface area contributed by atoms with Gasteiger partial charge in [0.05, 0.1) is 0 Å². The number of rotatable bonds is 2. The molecule has 1 unspecified atom stereocenters. The van der Waals surface area contributed by atoms with E-state index in [2.05, 4.69) is 15.3 Å². The second kappa shape index (κ2) is 4.02. The molecule has 1 atom stereocenters. The molecule has 1 amide bonds. The van der Waals surface area contributed by atoms with Crippen LogP contribution in [0.2, 0.25) is 5.15 Å². The number of nitrogens with zero attached hydrogens (tertiary/aromatic N) is 3. The Morgan fingerprint density at radius 3 is 3.00 bits per heavy atom. The number of hydrogen-bond acceptors (Lipinski definition) is 4. The van der Waals surface area contributed by atoms with Crippen molar-refractivity contribution in [2.75, 3.05) is 18.9 Å². The topological polar surface area (TPSA) is 58.1 Å². The Hall–Kier alpha value is -1.36. The molecule has 1 fully saturated rings. The van der Waals surface area contributed by atoms with Crippen molar-refractivity contribution in [3.05, 3.63) is 17.5 Å². The first-order valence-corrected chi connectivity index (χ1v) is 5.03. The Bertz CT molecular complexity index is 384. The molecule has 6 heteroatoms. The van der Waals surface area contributed by atoms with Gasteiger partial charge in [0.25, 0.3) is 0 Å². The third-order valence-electron chi connectivity index (χ3n) is 2.38. The summed E-state index contributed by atoms with van der Waals surface area (Å²) >= 11 is 5.71. The molecule has 1 saturated heterocycles. The van der Waals surface area contributed by atoms with Crippen LogP contribution >= 0.6 is 11.6 Å². The molecule has 1 aromatic heterocycles. The molecule has 2 rings (SSSR count). The molecule has 1 aliphatic heterocycles. The minimum absolute atomic E-state index is 0.0877. The van der Waals surface area contributed by atoms with Gasteiger partial charge in [0, 0.05) is 19.7 Å². The van der Waals surface area contributed by atoms with E-state index in [0.717, 1.165) is 13.0 Å². The molecule has 1 N–H and O–H groups in total. The van der Waals surface area contributed by atoms with E-state index in [1.807, 2.05) is 0 Å². The quantitative estimate of drug-likeness (QED) is 0.757. The van der Waals surface area contributed by atoms with Crippen molar-refractivity contribution < 1.29 is 4.79 Å². The van der Waals surface area contributed by atoms with Crippen molar-refractivity contribution in [2.24, 2.45) is 0 Å². The largest absolute Gasteiger partial charge is 0.358 e. The molecular formula is C9H11ClN4O. The number of anilines is 1. The SMILES string of the molecule is CN1CCC(Nc2cc(Cl)ncn2)C1=O. The second-order valence-corrected chi connectivity index (χ2v) is 3.86. The lowest BCUT2D eigenvalue weighted by Crippen LogP contribution is -2.31. The number of likely N-dealkylation sites (N-methyl/N-ethyl adjacent to an activating group) is 1. The lowest BCUT2D eigenvalue weighted by molar-refractivity contribution is -0.127. The van der Waals surface area contributed by atoms with Crippen LogP contribution in [0.25, 0.3) is 0 Å². The fourth-order valence-electron chi connectivity index (χ4n) is 1.55. The summed E-state index contributed by atoms with van der Waals surface area (Å²) in [5.74, 6) is 0.674. The van der Waals surface area contributed by atoms with Crippen LogP contribution in [0, 0.1) is 0 Å². The van der Waals surface area contributed by atoms with Gasteiger partial charge in [-0.2, -0.15) is 0 Å². The first-order chi connectivity index (χ1) is 7.16. The zero-order chi connectivity index (χ0) is 10.8. The number of carbonyl (C=O) groups is 1. The first-order valence-electron chi connectivity index (χ1n) is 4.66. The summed E-state index contributed by atoms with van der Waals surface area (Å²) in [6, 6.07) is 1.41.